The highest BCUT2D eigenvalue weighted by Crippen LogP contribution is 2.50. The highest BCUT2D eigenvalue weighted by molar-refractivity contribution is 6.30. The summed E-state index contributed by atoms with van der Waals surface area (Å²) in [6.07, 6.45) is -1.44. The number of benzene rings is 2. The molecule has 190 valence electrons. The molecule has 1 aliphatic heterocycles. The summed E-state index contributed by atoms with van der Waals surface area (Å²) in [6, 6.07) is 8.65. The van der Waals surface area contributed by atoms with E-state index >= 15 is 0 Å². The molecule has 0 aromatic heterocycles. The molecule has 35 heavy (non-hydrogen) atoms. The Hall–Kier alpha value is -2.65. The lowest BCUT2D eigenvalue weighted by Crippen LogP contribution is -2.52. The molecule has 0 bridgehead atoms. The van der Waals surface area contributed by atoms with Gasteiger partial charge in [0.25, 0.3) is 0 Å². The van der Waals surface area contributed by atoms with E-state index in [-0.39, 0.29) is 28.2 Å². The van der Waals surface area contributed by atoms with Crippen molar-refractivity contribution < 1.29 is 27.4 Å². The minimum atomic E-state index is -4.63. The number of likely N-dealkylation sites (tertiary alicyclic amines) is 1. The van der Waals surface area contributed by atoms with Gasteiger partial charge in [0, 0.05) is 22.5 Å². The third-order valence-electron chi connectivity index (χ3n) is 7.36. The Morgan fingerprint density at radius 1 is 1.11 bits per heavy atom. The summed E-state index contributed by atoms with van der Waals surface area (Å²) in [7, 11) is 5.28. The number of urea groups is 1. The van der Waals surface area contributed by atoms with Crippen molar-refractivity contribution >= 4 is 23.3 Å². The molecule has 6 nitrogen and oxygen atoms in total. The van der Waals surface area contributed by atoms with E-state index < -0.39 is 17.8 Å². The fourth-order valence-corrected chi connectivity index (χ4v) is 5.77. The second-order valence-electron chi connectivity index (χ2n) is 9.23. The monoisotopic (exact) mass is 511 g/mol. The average molecular weight is 512 g/mol. The van der Waals surface area contributed by atoms with Gasteiger partial charge in [-0.3, -0.25) is 0 Å². The van der Waals surface area contributed by atoms with Gasteiger partial charge >= 0.3 is 12.2 Å². The van der Waals surface area contributed by atoms with Crippen LogP contribution in [0.15, 0.2) is 36.4 Å². The molecule has 0 spiro atoms. The molecule has 1 aliphatic carbocycles. The summed E-state index contributed by atoms with van der Waals surface area (Å²) >= 11 is 5.73. The van der Waals surface area contributed by atoms with E-state index in [1.54, 1.807) is 14.2 Å². The third kappa shape index (κ3) is 5.02. The Morgan fingerprint density at radius 3 is 2.54 bits per heavy atom. The first kappa shape index (κ1) is 25.4. The molecular formula is C25H29ClF3N3O3. The minimum absolute atomic E-state index is 0.0497. The Kier molecular flexibility index (Phi) is 7.11. The molecule has 2 amide bonds. The molecule has 2 aliphatic rings. The summed E-state index contributed by atoms with van der Waals surface area (Å²) in [4.78, 5) is 15.0. The summed E-state index contributed by atoms with van der Waals surface area (Å²) in [5.74, 6) is 1.35. The van der Waals surface area contributed by atoms with E-state index in [1.165, 1.54) is 17.7 Å². The lowest BCUT2D eigenvalue weighted by molar-refractivity contribution is -0.136. The first-order valence-electron chi connectivity index (χ1n) is 11.4. The van der Waals surface area contributed by atoms with Gasteiger partial charge < -0.3 is 25.0 Å². The van der Waals surface area contributed by atoms with Crippen molar-refractivity contribution in [2.75, 3.05) is 33.1 Å². The highest BCUT2D eigenvalue weighted by atomic mass is 35.5. The van der Waals surface area contributed by atoms with Crippen molar-refractivity contribution in [2.45, 2.75) is 49.4 Å². The maximum Gasteiger partial charge on any atom is 0.418 e. The molecule has 10 heteroatoms. The molecule has 2 aromatic carbocycles. The van der Waals surface area contributed by atoms with Gasteiger partial charge in [0.15, 0.2) is 11.5 Å². The van der Waals surface area contributed by atoms with Crippen LogP contribution < -0.4 is 20.1 Å². The van der Waals surface area contributed by atoms with Crippen LogP contribution in [0.3, 0.4) is 0 Å². The molecule has 4 rings (SSSR count). The van der Waals surface area contributed by atoms with E-state index in [9.17, 15) is 18.0 Å². The SMILES string of the molecule is COc1ccc([C@@]23CC[C@H](NC(=O)Nc4ccc(Cl)cc4C(F)(F)F)C[C@H]2N(C)CC3)cc1OC. The van der Waals surface area contributed by atoms with E-state index in [2.05, 4.69) is 28.6 Å². The van der Waals surface area contributed by atoms with Crippen molar-refractivity contribution in [3.63, 3.8) is 0 Å². The Bertz CT molecular complexity index is 1100. The van der Waals surface area contributed by atoms with Crippen molar-refractivity contribution in [1.82, 2.24) is 10.2 Å². The molecular weight excluding hydrogens is 483 g/mol. The second kappa shape index (κ2) is 9.78. The molecule has 0 unspecified atom stereocenters. The van der Waals surface area contributed by atoms with Gasteiger partial charge in [0.1, 0.15) is 0 Å². The zero-order valence-corrected chi connectivity index (χ0v) is 20.6. The number of hydrogen-bond acceptors (Lipinski definition) is 4. The lowest BCUT2D eigenvalue weighted by atomic mass is 9.65. The number of alkyl halides is 3. The van der Waals surface area contributed by atoms with E-state index in [4.69, 9.17) is 21.1 Å². The topological polar surface area (TPSA) is 62.8 Å². The number of halogens is 4. The number of rotatable bonds is 5. The smallest absolute Gasteiger partial charge is 0.418 e. The highest BCUT2D eigenvalue weighted by Gasteiger charge is 2.50. The van der Waals surface area contributed by atoms with Crippen LogP contribution in [0, 0.1) is 0 Å². The molecule has 1 saturated heterocycles. The largest absolute Gasteiger partial charge is 0.493 e. The minimum Gasteiger partial charge on any atom is -0.493 e. The van der Waals surface area contributed by atoms with Crippen LogP contribution >= 0.6 is 11.6 Å². The predicted octanol–water partition coefficient (Wildman–Crippen LogP) is 5.69. The maximum absolute atomic E-state index is 13.4. The van der Waals surface area contributed by atoms with Gasteiger partial charge in [-0.25, -0.2) is 4.79 Å². The van der Waals surface area contributed by atoms with Gasteiger partial charge in [-0.05, 0) is 75.2 Å². The third-order valence-corrected chi connectivity index (χ3v) is 7.59. The lowest BCUT2D eigenvalue weighted by Gasteiger charge is -2.45. The van der Waals surface area contributed by atoms with Crippen LogP contribution in [-0.4, -0.2) is 50.8 Å². The van der Waals surface area contributed by atoms with Crippen molar-refractivity contribution in [2.24, 2.45) is 0 Å². The number of amides is 2. The van der Waals surface area contributed by atoms with Gasteiger partial charge in [-0.15, -0.1) is 0 Å². The Balaban J connectivity index is 1.49. The summed E-state index contributed by atoms with van der Waals surface area (Å²) in [6.45, 7) is 0.914. The number of carbonyl (C=O) groups is 1. The number of fused-ring (bicyclic) bond motifs is 1. The number of anilines is 1. The van der Waals surface area contributed by atoms with Crippen LogP contribution in [0.25, 0.3) is 0 Å². The summed E-state index contributed by atoms with van der Waals surface area (Å²) in [5, 5.41) is 5.19. The predicted molar refractivity (Wildman–Crippen MR) is 129 cm³/mol. The van der Waals surface area contributed by atoms with Crippen molar-refractivity contribution in [1.29, 1.82) is 0 Å². The van der Waals surface area contributed by atoms with Crippen LogP contribution in [-0.2, 0) is 11.6 Å². The first-order chi connectivity index (χ1) is 16.6. The van der Waals surface area contributed by atoms with E-state index in [0.29, 0.717) is 24.3 Å². The van der Waals surface area contributed by atoms with Crippen molar-refractivity contribution in [3.8, 4) is 11.5 Å². The van der Waals surface area contributed by atoms with Gasteiger partial charge in [-0.1, -0.05) is 17.7 Å². The molecule has 2 aromatic rings. The zero-order valence-electron chi connectivity index (χ0n) is 19.8. The number of likely N-dealkylation sites (N-methyl/N-ethyl adjacent to an activating group) is 1. The number of ether oxygens (including phenoxy) is 2. The van der Waals surface area contributed by atoms with Crippen molar-refractivity contribution in [3.05, 3.63) is 52.5 Å². The molecule has 2 fully saturated rings. The Labute approximate surface area is 207 Å². The number of methoxy groups -OCH3 is 2. The standard InChI is InChI=1S/C25H29ClF3N3O3/c1-32-11-10-24(15-4-7-20(34-2)21(12-15)35-3)9-8-17(14-22(24)32)30-23(33)31-19-6-5-16(26)13-18(19)25(27,28)29/h4-7,12-13,17,22H,8-11,14H2,1-3H3,(H2,30,31,33)/t17-,22+,24-/m0/s1. The quantitative estimate of drug-likeness (QED) is 0.541. The Morgan fingerprint density at radius 2 is 1.86 bits per heavy atom. The fourth-order valence-electron chi connectivity index (χ4n) is 5.60. The zero-order chi connectivity index (χ0) is 25.4. The summed E-state index contributed by atoms with van der Waals surface area (Å²) in [5.41, 5.74) is -0.231. The second-order valence-corrected chi connectivity index (χ2v) is 9.67. The number of carbonyl (C=O) groups excluding carboxylic acids is 1. The summed E-state index contributed by atoms with van der Waals surface area (Å²) < 4.78 is 51.0. The maximum atomic E-state index is 13.4. The van der Waals surface area contributed by atoms with Gasteiger partial charge in [0.05, 0.1) is 25.5 Å². The van der Waals surface area contributed by atoms with Gasteiger partial charge in [0.2, 0.25) is 0 Å². The average Bonchev–Trinajstić information content (AvgIpc) is 3.16. The van der Waals surface area contributed by atoms with Crippen LogP contribution in [0.4, 0.5) is 23.7 Å². The van der Waals surface area contributed by atoms with Crippen LogP contribution in [0.5, 0.6) is 11.5 Å². The number of nitrogens with one attached hydrogen (secondary N) is 2. The van der Waals surface area contributed by atoms with E-state index in [0.717, 1.165) is 25.5 Å². The molecule has 1 heterocycles. The fraction of sp³-hybridized carbons (Fsp3) is 0.480. The number of nitrogens with zero attached hydrogens (tertiary/aromatic N) is 1. The molecule has 0 radical (unpaired) electrons. The molecule has 3 atom stereocenters. The van der Waals surface area contributed by atoms with Crippen LogP contribution in [0.2, 0.25) is 5.02 Å². The first-order valence-corrected chi connectivity index (χ1v) is 11.8. The normalized spacial score (nSPS) is 24.5. The molecule has 2 N–H and O–H groups in total. The van der Waals surface area contributed by atoms with Gasteiger partial charge in [-0.2, -0.15) is 13.2 Å². The molecule has 1 saturated carbocycles. The number of hydrogen-bond donors (Lipinski definition) is 2. The van der Waals surface area contributed by atoms with E-state index in [1.807, 2.05) is 12.1 Å². The van der Waals surface area contributed by atoms with Crippen LogP contribution in [0.1, 0.15) is 36.8 Å².